The van der Waals surface area contributed by atoms with Crippen molar-refractivity contribution >= 4 is 6.01 Å². The highest BCUT2D eigenvalue weighted by Crippen LogP contribution is 2.19. The van der Waals surface area contributed by atoms with E-state index < -0.39 is 0 Å². The summed E-state index contributed by atoms with van der Waals surface area (Å²) < 4.78 is 5.52. The van der Waals surface area contributed by atoms with Crippen molar-refractivity contribution < 1.29 is 4.42 Å². The summed E-state index contributed by atoms with van der Waals surface area (Å²) >= 11 is 0. The fraction of sp³-hybridized carbons (Fsp3) is 0.833. The monoisotopic (exact) mass is 238 g/mol. The maximum atomic E-state index is 5.52. The van der Waals surface area contributed by atoms with E-state index in [1.165, 1.54) is 12.8 Å². The average molecular weight is 238 g/mol. The molecule has 5 heteroatoms. The van der Waals surface area contributed by atoms with Crippen LogP contribution in [0.5, 0.6) is 0 Å². The van der Waals surface area contributed by atoms with Gasteiger partial charge in [0, 0.05) is 12.1 Å². The molecule has 1 aliphatic rings. The molecule has 1 unspecified atom stereocenters. The van der Waals surface area contributed by atoms with Crippen molar-refractivity contribution in [3.05, 3.63) is 5.89 Å². The fourth-order valence-electron chi connectivity index (χ4n) is 1.88. The van der Waals surface area contributed by atoms with E-state index in [0.717, 1.165) is 6.42 Å². The predicted octanol–water partition coefficient (Wildman–Crippen LogP) is 2.17. The SMILES string of the molecule is CC(C)CC(C)Nc1nnc(CNC2CC2)o1. The number of hydrogen-bond acceptors (Lipinski definition) is 5. The van der Waals surface area contributed by atoms with Crippen molar-refractivity contribution in [3.63, 3.8) is 0 Å². The van der Waals surface area contributed by atoms with Gasteiger partial charge >= 0.3 is 6.01 Å². The number of nitrogens with one attached hydrogen (secondary N) is 2. The van der Waals surface area contributed by atoms with Gasteiger partial charge in [0.1, 0.15) is 0 Å². The Morgan fingerprint density at radius 3 is 2.71 bits per heavy atom. The third-order valence-corrected chi connectivity index (χ3v) is 2.78. The van der Waals surface area contributed by atoms with E-state index in [0.29, 0.717) is 36.5 Å². The van der Waals surface area contributed by atoms with Gasteiger partial charge in [-0.1, -0.05) is 18.9 Å². The minimum atomic E-state index is 0.361. The summed E-state index contributed by atoms with van der Waals surface area (Å²) in [6.07, 6.45) is 3.63. The van der Waals surface area contributed by atoms with Crippen LogP contribution in [0.25, 0.3) is 0 Å². The van der Waals surface area contributed by atoms with Crippen molar-refractivity contribution in [2.45, 2.75) is 58.7 Å². The second-order valence-corrected chi connectivity index (χ2v) is 5.33. The van der Waals surface area contributed by atoms with E-state index in [2.05, 4.69) is 41.6 Å². The third kappa shape index (κ3) is 4.34. The molecule has 1 saturated carbocycles. The van der Waals surface area contributed by atoms with Gasteiger partial charge in [-0.15, -0.1) is 5.10 Å². The highest BCUT2D eigenvalue weighted by atomic mass is 16.4. The summed E-state index contributed by atoms with van der Waals surface area (Å²) in [7, 11) is 0. The molecule has 96 valence electrons. The topological polar surface area (TPSA) is 63.0 Å². The van der Waals surface area contributed by atoms with Crippen LogP contribution in [0.2, 0.25) is 0 Å². The molecule has 0 amide bonds. The van der Waals surface area contributed by atoms with Gasteiger partial charge in [-0.2, -0.15) is 0 Å². The van der Waals surface area contributed by atoms with E-state index in [4.69, 9.17) is 4.42 Å². The lowest BCUT2D eigenvalue weighted by Crippen LogP contribution is -2.17. The largest absolute Gasteiger partial charge is 0.407 e. The van der Waals surface area contributed by atoms with Crippen LogP contribution >= 0.6 is 0 Å². The smallest absolute Gasteiger partial charge is 0.315 e. The molecule has 1 aromatic rings. The maximum absolute atomic E-state index is 5.52. The summed E-state index contributed by atoms with van der Waals surface area (Å²) in [6.45, 7) is 7.22. The van der Waals surface area contributed by atoms with Gasteiger partial charge in [0.2, 0.25) is 5.89 Å². The van der Waals surface area contributed by atoms with Crippen LogP contribution in [0.3, 0.4) is 0 Å². The number of hydrogen-bond donors (Lipinski definition) is 2. The van der Waals surface area contributed by atoms with Crippen LogP contribution in [0, 0.1) is 5.92 Å². The Morgan fingerprint density at radius 2 is 2.06 bits per heavy atom. The van der Waals surface area contributed by atoms with Crippen LogP contribution < -0.4 is 10.6 Å². The van der Waals surface area contributed by atoms with Crippen molar-refractivity contribution in [2.24, 2.45) is 5.92 Å². The molecule has 2 N–H and O–H groups in total. The minimum Gasteiger partial charge on any atom is -0.407 e. The molecule has 1 fully saturated rings. The summed E-state index contributed by atoms with van der Waals surface area (Å²) in [5.74, 6) is 1.33. The Balaban J connectivity index is 1.76. The summed E-state index contributed by atoms with van der Waals surface area (Å²) in [5.41, 5.74) is 0. The first-order chi connectivity index (χ1) is 8.13. The molecule has 1 aromatic heterocycles. The van der Waals surface area contributed by atoms with Crippen molar-refractivity contribution in [1.29, 1.82) is 0 Å². The summed E-state index contributed by atoms with van der Waals surface area (Å²) in [6, 6.07) is 1.56. The molecule has 0 saturated heterocycles. The Bertz CT molecular complexity index is 346. The van der Waals surface area contributed by atoms with E-state index >= 15 is 0 Å². The first-order valence-corrected chi connectivity index (χ1v) is 6.45. The number of rotatable bonds is 7. The molecule has 1 atom stereocenters. The molecule has 0 aromatic carbocycles. The zero-order valence-corrected chi connectivity index (χ0v) is 10.9. The zero-order chi connectivity index (χ0) is 12.3. The first-order valence-electron chi connectivity index (χ1n) is 6.45. The van der Waals surface area contributed by atoms with Gasteiger partial charge in [0.05, 0.1) is 6.54 Å². The Hall–Kier alpha value is -1.10. The minimum absolute atomic E-state index is 0.361. The van der Waals surface area contributed by atoms with Gasteiger partial charge in [0.25, 0.3) is 0 Å². The van der Waals surface area contributed by atoms with Crippen LogP contribution in [0.4, 0.5) is 6.01 Å². The molecule has 5 nitrogen and oxygen atoms in total. The van der Waals surface area contributed by atoms with Crippen LogP contribution in [0.15, 0.2) is 4.42 Å². The van der Waals surface area contributed by atoms with Crippen LogP contribution in [-0.2, 0) is 6.54 Å². The molecular formula is C12H22N4O. The summed E-state index contributed by atoms with van der Waals surface area (Å²) in [4.78, 5) is 0. The Labute approximate surface area is 102 Å². The fourth-order valence-corrected chi connectivity index (χ4v) is 1.88. The zero-order valence-electron chi connectivity index (χ0n) is 10.9. The molecule has 1 heterocycles. The quantitative estimate of drug-likeness (QED) is 0.762. The molecule has 1 aliphatic carbocycles. The number of anilines is 1. The van der Waals surface area contributed by atoms with Gasteiger partial charge < -0.3 is 15.1 Å². The lowest BCUT2D eigenvalue weighted by Gasteiger charge is -2.13. The third-order valence-electron chi connectivity index (χ3n) is 2.78. The molecule has 0 aliphatic heterocycles. The van der Waals surface area contributed by atoms with E-state index in [9.17, 15) is 0 Å². The van der Waals surface area contributed by atoms with Gasteiger partial charge in [0.15, 0.2) is 0 Å². The van der Waals surface area contributed by atoms with Crippen LogP contribution in [0.1, 0.15) is 45.9 Å². The Kier molecular flexibility index (Phi) is 3.99. The molecule has 0 bridgehead atoms. The highest BCUT2D eigenvalue weighted by molar-refractivity contribution is 5.18. The standard InChI is InChI=1S/C12H22N4O/c1-8(2)6-9(3)14-12-16-15-11(17-12)7-13-10-4-5-10/h8-10,13H,4-7H2,1-3H3,(H,14,16). The lowest BCUT2D eigenvalue weighted by molar-refractivity contribution is 0.464. The van der Waals surface area contributed by atoms with Crippen molar-refractivity contribution in [1.82, 2.24) is 15.5 Å². The average Bonchev–Trinajstić information content (AvgIpc) is 2.96. The van der Waals surface area contributed by atoms with Gasteiger partial charge in [-0.05, 0) is 32.1 Å². The number of nitrogens with zero attached hydrogens (tertiary/aromatic N) is 2. The summed E-state index contributed by atoms with van der Waals surface area (Å²) in [5, 5.41) is 14.6. The van der Waals surface area contributed by atoms with Gasteiger partial charge in [-0.3, -0.25) is 0 Å². The number of aromatic nitrogens is 2. The normalized spacial score (nSPS) is 17.4. The second-order valence-electron chi connectivity index (χ2n) is 5.33. The molecular weight excluding hydrogens is 216 g/mol. The first kappa shape index (κ1) is 12.4. The van der Waals surface area contributed by atoms with E-state index in [1.807, 2.05) is 0 Å². The van der Waals surface area contributed by atoms with Crippen LogP contribution in [-0.4, -0.2) is 22.3 Å². The van der Waals surface area contributed by atoms with E-state index in [-0.39, 0.29) is 0 Å². The van der Waals surface area contributed by atoms with E-state index in [1.54, 1.807) is 0 Å². The maximum Gasteiger partial charge on any atom is 0.315 e. The van der Waals surface area contributed by atoms with Crippen molar-refractivity contribution in [2.75, 3.05) is 5.32 Å². The molecule has 0 radical (unpaired) electrons. The highest BCUT2D eigenvalue weighted by Gasteiger charge is 2.21. The van der Waals surface area contributed by atoms with Gasteiger partial charge in [-0.25, -0.2) is 0 Å². The molecule has 0 spiro atoms. The molecule has 2 rings (SSSR count). The second kappa shape index (κ2) is 5.49. The predicted molar refractivity (Wildman–Crippen MR) is 66.7 cm³/mol. The Morgan fingerprint density at radius 1 is 1.29 bits per heavy atom. The molecule has 17 heavy (non-hydrogen) atoms. The lowest BCUT2D eigenvalue weighted by atomic mass is 10.1. The van der Waals surface area contributed by atoms with Crippen molar-refractivity contribution in [3.8, 4) is 0 Å².